The number of Topliss-reactive ketones (excluding diaryl/α,β-unsaturated/α-hetero) is 1. The highest BCUT2D eigenvalue weighted by molar-refractivity contribution is 6.35. The van der Waals surface area contributed by atoms with E-state index in [1.54, 1.807) is 53.6 Å². The maximum atomic E-state index is 11.7. The van der Waals surface area contributed by atoms with Crippen LogP contribution in [0.25, 0.3) is 6.08 Å². The van der Waals surface area contributed by atoms with E-state index in [2.05, 4.69) is 0 Å². The minimum atomic E-state index is -0.436. The zero-order valence-electron chi connectivity index (χ0n) is 13.8. The minimum absolute atomic E-state index is 0.0182. The SMILES string of the molecule is COC(=O)c1cccc(N(C=Cc2ccc(Cl)cc2Cl)CC(C)=O)c1. The molecule has 6 heteroatoms. The average Bonchev–Trinajstić information content (AvgIpc) is 2.59. The van der Waals surface area contributed by atoms with Gasteiger partial charge in [-0.2, -0.15) is 0 Å². The molecule has 0 amide bonds. The van der Waals surface area contributed by atoms with Crippen molar-refractivity contribution in [2.45, 2.75) is 6.92 Å². The molecular weight excluding hydrogens is 361 g/mol. The fraction of sp³-hybridized carbons (Fsp3) is 0.158. The van der Waals surface area contributed by atoms with Crippen molar-refractivity contribution in [1.82, 2.24) is 0 Å². The summed E-state index contributed by atoms with van der Waals surface area (Å²) in [7, 11) is 1.32. The number of carbonyl (C=O) groups excluding carboxylic acids is 2. The number of anilines is 1. The van der Waals surface area contributed by atoms with E-state index in [0.29, 0.717) is 21.3 Å². The monoisotopic (exact) mass is 377 g/mol. The van der Waals surface area contributed by atoms with Crippen molar-refractivity contribution in [1.29, 1.82) is 0 Å². The Kier molecular flexibility index (Phi) is 6.62. The molecule has 0 aliphatic heterocycles. The molecule has 0 heterocycles. The molecule has 0 radical (unpaired) electrons. The van der Waals surface area contributed by atoms with Crippen molar-refractivity contribution in [2.75, 3.05) is 18.6 Å². The summed E-state index contributed by atoms with van der Waals surface area (Å²) in [6, 6.07) is 12.0. The highest BCUT2D eigenvalue weighted by Gasteiger charge is 2.11. The first kappa shape index (κ1) is 19.0. The summed E-state index contributed by atoms with van der Waals surface area (Å²) in [4.78, 5) is 25.1. The summed E-state index contributed by atoms with van der Waals surface area (Å²) in [5, 5.41) is 1.06. The van der Waals surface area contributed by atoms with Crippen molar-refractivity contribution in [3.05, 3.63) is 69.8 Å². The number of benzene rings is 2. The van der Waals surface area contributed by atoms with Gasteiger partial charge in [-0.15, -0.1) is 0 Å². The molecule has 0 N–H and O–H groups in total. The molecule has 2 aromatic carbocycles. The Bertz CT molecular complexity index is 818. The molecule has 0 saturated heterocycles. The number of carbonyl (C=O) groups is 2. The van der Waals surface area contributed by atoms with Crippen LogP contribution in [0.2, 0.25) is 10.0 Å². The van der Waals surface area contributed by atoms with Crippen molar-refractivity contribution < 1.29 is 14.3 Å². The van der Waals surface area contributed by atoms with E-state index in [1.165, 1.54) is 14.0 Å². The van der Waals surface area contributed by atoms with Crippen LogP contribution >= 0.6 is 23.2 Å². The smallest absolute Gasteiger partial charge is 0.337 e. The van der Waals surface area contributed by atoms with E-state index in [1.807, 2.05) is 6.07 Å². The number of ketones is 1. The molecule has 2 rings (SSSR count). The third kappa shape index (κ3) is 5.34. The zero-order chi connectivity index (χ0) is 18.4. The lowest BCUT2D eigenvalue weighted by Crippen LogP contribution is -2.23. The molecular formula is C19H17Cl2NO3. The van der Waals surface area contributed by atoms with E-state index >= 15 is 0 Å². The number of halogens is 2. The first-order valence-electron chi connectivity index (χ1n) is 7.48. The Hall–Kier alpha value is -2.30. The average molecular weight is 378 g/mol. The molecule has 0 fully saturated rings. The van der Waals surface area contributed by atoms with E-state index in [4.69, 9.17) is 27.9 Å². The second-order valence-corrected chi connectivity index (χ2v) is 6.20. The highest BCUT2D eigenvalue weighted by atomic mass is 35.5. The third-order valence-corrected chi connectivity index (χ3v) is 3.95. The number of nitrogens with zero attached hydrogens (tertiary/aromatic N) is 1. The maximum absolute atomic E-state index is 11.7. The number of esters is 1. The highest BCUT2D eigenvalue weighted by Crippen LogP contribution is 2.23. The van der Waals surface area contributed by atoms with Gasteiger partial charge in [0.25, 0.3) is 0 Å². The van der Waals surface area contributed by atoms with Crippen molar-refractivity contribution in [3.8, 4) is 0 Å². The Morgan fingerprint density at radius 2 is 1.92 bits per heavy atom. The van der Waals surface area contributed by atoms with Crippen LogP contribution < -0.4 is 4.90 Å². The van der Waals surface area contributed by atoms with Crippen LogP contribution in [-0.4, -0.2) is 25.4 Å². The van der Waals surface area contributed by atoms with Crippen LogP contribution in [0.3, 0.4) is 0 Å². The van der Waals surface area contributed by atoms with Gasteiger partial charge in [-0.1, -0.05) is 35.3 Å². The molecule has 0 aromatic heterocycles. The number of ether oxygens (including phenoxy) is 1. The van der Waals surface area contributed by atoms with Crippen LogP contribution in [-0.2, 0) is 9.53 Å². The van der Waals surface area contributed by atoms with Crippen LogP contribution in [0.4, 0.5) is 5.69 Å². The van der Waals surface area contributed by atoms with Gasteiger partial charge >= 0.3 is 5.97 Å². The van der Waals surface area contributed by atoms with Crippen molar-refractivity contribution >= 4 is 46.7 Å². The molecule has 2 aromatic rings. The summed E-state index contributed by atoms with van der Waals surface area (Å²) < 4.78 is 4.74. The van der Waals surface area contributed by atoms with Crippen LogP contribution in [0.15, 0.2) is 48.7 Å². The molecule has 25 heavy (non-hydrogen) atoms. The number of hydrogen-bond acceptors (Lipinski definition) is 4. The molecule has 0 bridgehead atoms. The number of methoxy groups -OCH3 is 1. The molecule has 4 nitrogen and oxygen atoms in total. The summed E-state index contributed by atoms with van der Waals surface area (Å²) in [5.41, 5.74) is 1.87. The van der Waals surface area contributed by atoms with Crippen molar-refractivity contribution in [2.24, 2.45) is 0 Å². The van der Waals surface area contributed by atoms with Gasteiger partial charge in [0.05, 0.1) is 19.2 Å². The van der Waals surface area contributed by atoms with E-state index in [0.717, 1.165) is 5.56 Å². The summed E-state index contributed by atoms with van der Waals surface area (Å²) in [6.07, 6.45) is 3.53. The van der Waals surface area contributed by atoms with Gasteiger partial charge in [-0.25, -0.2) is 4.79 Å². The number of rotatable bonds is 6. The molecule has 0 atom stereocenters. The quantitative estimate of drug-likeness (QED) is 0.675. The molecule has 0 saturated carbocycles. The first-order valence-corrected chi connectivity index (χ1v) is 8.24. The van der Waals surface area contributed by atoms with Gasteiger partial charge in [0.1, 0.15) is 5.78 Å². The number of hydrogen-bond donors (Lipinski definition) is 0. The van der Waals surface area contributed by atoms with Gasteiger partial charge in [0, 0.05) is 21.9 Å². The van der Waals surface area contributed by atoms with Gasteiger partial charge in [-0.05, 0) is 48.9 Å². The van der Waals surface area contributed by atoms with Gasteiger partial charge in [0.2, 0.25) is 0 Å². The van der Waals surface area contributed by atoms with Crippen LogP contribution in [0.1, 0.15) is 22.8 Å². The lowest BCUT2D eigenvalue weighted by molar-refractivity contribution is -0.115. The summed E-state index contributed by atoms with van der Waals surface area (Å²) >= 11 is 12.1. The Morgan fingerprint density at radius 3 is 2.56 bits per heavy atom. The van der Waals surface area contributed by atoms with Crippen LogP contribution in [0.5, 0.6) is 0 Å². The standard InChI is InChI=1S/C19H17Cl2NO3/c1-13(23)12-22(9-8-14-6-7-16(20)11-18(14)21)17-5-3-4-15(10-17)19(24)25-2/h3-11H,12H2,1-2H3. The zero-order valence-corrected chi connectivity index (χ0v) is 15.3. The largest absolute Gasteiger partial charge is 0.465 e. The Labute approximate surface area is 156 Å². The topological polar surface area (TPSA) is 46.6 Å². The van der Waals surface area contributed by atoms with E-state index < -0.39 is 5.97 Å². The molecule has 0 aliphatic carbocycles. The Morgan fingerprint density at radius 1 is 1.16 bits per heavy atom. The third-order valence-electron chi connectivity index (χ3n) is 3.39. The molecule has 0 aliphatic rings. The predicted octanol–water partition coefficient (Wildman–Crippen LogP) is 4.85. The lowest BCUT2D eigenvalue weighted by Gasteiger charge is -2.19. The second kappa shape index (κ2) is 8.70. The molecule has 0 unspecified atom stereocenters. The predicted molar refractivity (Wildman–Crippen MR) is 101 cm³/mol. The lowest BCUT2D eigenvalue weighted by atomic mass is 10.1. The van der Waals surface area contributed by atoms with Crippen LogP contribution in [0, 0.1) is 0 Å². The fourth-order valence-corrected chi connectivity index (χ4v) is 2.68. The van der Waals surface area contributed by atoms with Gasteiger partial charge < -0.3 is 9.64 Å². The molecule has 130 valence electrons. The minimum Gasteiger partial charge on any atom is -0.465 e. The molecule has 0 spiro atoms. The first-order chi connectivity index (χ1) is 11.9. The van der Waals surface area contributed by atoms with Crippen molar-refractivity contribution in [3.63, 3.8) is 0 Å². The normalized spacial score (nSPS) is 10.7. The second-order valence-electron chi connectivity index (χ2n) is 5.35. The Balaban J connectivity index is 2.34. The summed E-state index contributed by atoms with van der Waals surface area (Å²) in [5.74, 6) is -0.454. The van der Waals surface area contributed by atoms with E-state index in [9.17, 15) is 9.59 Å². The van der Waals surface area contributed by atoms with E-state index in [-0.39, 0.29) is 12.3 Å². The maximum Gasteiger partial charge on any atom is 0.337 e. The fourth-order valence-electron chi connectivity index (χ4n) is 2.21. The summed E-state index contributed by atoms with van der Waals surface area (Å²) in [6.45, 7) is 1.66. The van der Waals surface area contributed by atoms with Gasteiger partial charge in [-0.3, -0.25) is 4.79 Å². The van der Waals surface area contributed by atoms with Gasteiger partial charge in [0.15, 0.2) is 0 Å².